The van der Waals surface area contributed by atoms with Crippen LogP contribution < -0.4 is 14.4 Å². The molecule has 3 heterocycles. The van der Waals surface area contributed by atoms with Crippen LogP contribution in [-0.2, 0) is 15.3 Å². The van der Waals surface area contributed by atoms with Gasteiger partial charge in [0.05, 0.1) is 11.6 Å². The van der Waals surface area contributed by atoms with Gasteiger partial charge in [-0.15, -0.1) is 10.2 Å². The Bertz CT molecular complexity index is 1670. The molecule has 40 heavy (non-hydrogen) atoms. The lowest BCUT2D eigenvalue weighted by molar-refractivity contribution is -0.132. The minimum atomic E-state index is -1.10. The number of hydrogen-bond donors (Lipinski definition) is 2. The smallest absolute Gasteiger partial charge is 0.301 e. The Morgan fingerprint density at radius 2 is 1.82 bits per heavy atom. The molecule has 0 radical (unpaired) electrons. The molecule has 4 aromatic rings. The van der Waals surface area contributed by atoms with Crippen molar-refractivity contribution in [1.82, 2.24) is 10.2 Å². The molecule has 0 unspecified atom stereocenters. The first-order chi connectivity index (χ1) is 19.4. The van der Waals surface area contributed by atoms with E-state index in [0.29, 0.717) is 45.9 Å². The fourth-order valence-electron chi connectivity index (χ4n) is 4.50. The van der Waals surface area contributed by atoms with E-state index in [9.17, 15) is 24.2 Å². The molecule has 2 aliphatic rings. The van der Waals surface area contributed by atoms with Crippen LogP contribution in [0.1, 0.15) is 22.7 Å². The first-order valence-electron chi connectivity index (χ1n) is 12.1. The number of phenolic OH excluding ortho intramolecular Hbond substituents is 1. The third-order valence-corrected chi connectivity index (χ3v) is 8.46. The van der Waals surface area contributed by atoms with Gasteiger partial charge < -0.3 is 19.7 Å². The number of aromatic nitrogens is 2. The molecule has 1 aromatic heterocycles. The van der Waals surface area contributed by atoms with Gasteiger partial charge in [0.25, 0.3) is 5.78 Å². The highest BCUT2D eigenvalue weighted by molar-refractivity contribution is 8.00. The zero-order valence-electron chi connectivity index (χ0n) is 20.6. The van der Waals surface area contributed by atoms with Gasteiger partial charge in [0, 0.05) is 11.3 Å². The molecule has 6 rings (SSSR count). The molecule has 1 fully saturated rings. The molecule has 1 saturated heterocycles. The maximum Gasteiger partial charge on any atom is 0.301 e. The summed E-state index contributed by atoms with van der Waals surface area (Å²) in [5.41, 5.74) is 0.951. The minimum absolute atomic E-state index is 0.0826. The number of halogens is 1. The molecular formula is C28H20FN3O6S2. The van der Waals surface area contributed by atoms with Gasteiger partial charge in [0.15, 0.2) is 15.8 Å². The Morgan fingerprint density at radius 3 is 2.62 bits per heavy atom. The van der Waals surface area contributed by atoms with Crippen LogP contribution in [0.5, 0.6) is 17.2 Å². The zero-order valence-corrected chi connectivity index (χ0v) is 22.2. The van der Waals surface area contributed by atoms with Crippen LogP contribution in [0.4, 0.5) is 9.52 Å². The summed E-state index contributed by atoms with van der Waals surface area (Å²) in [6.07, 6.45) is 0. The highest BCUT2D eigenvalue weighted by Crippen LogP contribution is 2.45. The van der Waals surface area contributed by atoms with E-state index in [1.165, 1.54) is 30.0 Å². The van der Waals surface area contributed by atoms with E-state index in [1.807, 2.05) is 0 Å². The number of benzene rings is 3. The Labute approximate surface area is 235 Å². The van der Waals surface area contributed by atoms with Crippen molar-refractivity contribution in [2.24, 2.45) is 0 Å². The summed E-state index contributed by atoms with van der Waals surface area (Å²) >= 11 is 2.30. The Balaban J connectivity index is 1.39. The Hall–Kier alpha value is -4.42. The number of anilines is 1. The van der Waals surface area contributed by atoms with E-state index < -0.39 is 23.5 Å². The number of aliphatic hydroxyl groups excluding tert-OH is 1. The summed E-state index contributed by atoms with van der Waals surface area (Å²) < 4.78 is 25.7. The molecule has 0 aliphatic carbocycles. The van der Waals surface area contributed by atoms with Crippen molar-refractivity contribution in [3.05, 3.63) is 94.8 Å². The van der Waals surface area contributed by atoms with Gasteiger partial charge in [-0.3, -0.25) is 14.5 Å². The summed E-state index contributed by atoms with van der Waals surface area (Å²) in [6.45, 7) is 0.725. The van der Waals surface area contributed by atoms with Crippen LogP contribution >= 0.6 is 23.1 Å². The van der Waals surface area contributed by atoms with Crippen molar-refractivity contribution in [1.29, 1.82) is 0 Å². The van der Waals surface area contributed by atoms with Crippen molar-refractivity contribution >= 4 is 45.7 Å². The molecule has 2 aliphatic heterocycles. The molecule has 3 aromatic carbocycles. The number of aliphatic hydroxyl groups is 1. The quantitative estimate of drug-likeness (QED) is 0.106. The van der Waals surface area contributed by atoms with Gasteiger partial charge in [-0.05, 0) is 47.5 Å². The summed E-state index contributed by atoms with van der Waals surface area (Å²) in [4.78, 5) is 27.9. The van der Waals surface area contributed by atoms with E-state index >= 15 is 0 Å². The second-order valence-electron chi connectivity index (χ2n) is 8.85. The van der Waals surface area contributed by atoms with Crippen molar-refractivity contribution < 1.29 is 33.7 Å². The zero-order chi connectivity index (χ0) is 27.8. The molecule has 0 saturated carbocycles. The van der Waals surface area contributed by atoms with Gasteiger partial charge in [-0.2, -0.15) is 0 Å². The number of ketones is 1. The lowest BCUT2D eigenvalue weighted by atomic mass is 9.95. The van der Waals surface area contributed by atoms with Crippen LogP contribution in [0.15, 0.2) is 76.6 Å². The predicted octanol–water partition coefficient (Wildman–Crippen LogP) is 5.07. The molecule has 9 nitrogen and oxygen atoms in total. The van der Waals surface area contributed by atoms with E-state index in [1.54, 1.807) is 48.5 Å². The average molecular weight is 578 g/mol. The number of phenols is 1. The number of fused-ring (bicyclic) bond motifs is 1. The SMILES string of the molecule is O=C1C(=O)N(c2nnc(SCc3ccccc3F)s2)[C@@H](c2cccc(O)c2)C1=C(O)c1ccc2c(c1)OCCO2. The molecule has 202 valence electrons. The number of hydrogen-bond acceptors (Lipinski definition) is 10. The second-order valence-corrected chi connectivity index (χ2v) is 11.0. The molecule has 12 heteroatoms. The third kappa shape index (κ3) is 4.75. The number of Topliss-reactive ketones (excluding diaryl/α,β-unsaturated/α-hetero) is 1. The number of rotatable bonds is 6. The second kappa shape index (κ2) is 10.6. The molecule has 2 N–H and O–H groups in total. The Kier molecular flexibility index (Phi) is 6.86. The molecule has 1 atom stereocenters. The van der Waals surface area contributed by atoms with Crippen LogP contribution in [-0.4, -0.2) is 45.3 Å². The van der Waals surface area contributed by atoms with Crippen LogP contribution in [0.25, 0.3) is 5.76 Å². The van der Waals surface area contributed by atoms with Crippen molar-refractivity contribution in [2.45, 2.75) is 16.1 Å². The predicted molar refractivity (Wildman–Crippen MR) is 146 cm³/mol. The summed E-state index contributed by atoms with van der Waals surface area (Å²) in [5, 5.41) is 29.9. The first-order valence-corrected chi connectivity index (χ1v) is 13.9. The first kappa shape index (κ1) is 25.8. The number of aromatic hydroxyl groups is 1. The molecule has 0 bridgehead atoms. The van der Waals surface area contributed by atoms with E-state index in [2.05, 4.69) is 10.2 Å². The fraction of sp³-hybridized carbons (Fsp3) is 0.143. The lowest BCUT2D eigenvalue weighted by Crippen LogP contribution is -2.29. The fourth-order valence-corrected chi connectivity index (χ4v) is 6.35. The Morgan fingerprint density at radius 1 is 1.02 bits per heavy atom. The number of thioether (sulfide) groups is 1. The standard InChI is InChI=1S/C28H20FN3O6S2/c29-19-7-2-1-4-17(19)14-39-28-31-30-27(40-28)32-23(15-5-3-6-18(33)12-15)22(25(35)26(32)36)24(34)16-8-9-20-21(13-16)38-11-10-37-20/h1-9,12-13,23,33-34H,10-11,14H2/t23-/m0/s1. The van der Waals surface area contributed by atoms with Gasteiger partial charge in [0.2, 0.25) is 5.13 Å². The van der Waals surface area contributed by atoms with Crippen molar-refractivity contribution in [2.75, 3.05) is 18.1 Å². The maximum absolute atomic E-state index is 14.1. The highest BCUT2D eigenvalue weighted by atomic mass is 32.2. The normalized spacial score (nSPS) is 17.8. The number of amides is 1. The maximum atomic E-state index is 14.1. The largest absolute Gasteiger partial charge is 0.508 e. The topological polar surface area (TPSA) is 122 Å². The van der Waals surface area contributed by atoms with E-state index in [4.69, 9.17) is 9.47 Å². The minimum Gasteiger partial charge on any atom is -0.508 e. The monoisotopic (exact) mass is 577 g/mol. The molecular weight excluding hydrogens is 557 g/mol. The highest BCUT2D eigenvalue weighted by Gasteiger charge is 2.48. The van der Waals surface area contributed by atoms with Crippen LogP contribution in [0.2, 0.25) is 0 Å². The number of carbonyl (C=O) groups excluding carboxylic acids is 2. The van der Waals surface area contributed by atoms with E-state index in [0.717, 1.165) is 16.2 Å². The van der Waals surface area contributed by atoms with Gasteiger partial charge >= 0.3 is 5.91 Å². The van der Waals surface area contributed by atoms with Crippen LogP contribution in [0, 0.1) is 5.82 Å². The van der Waals surface area contributed by atoms with Crippen LogP contribution in [0.3, 0.4) is 0 Å². The number of carbonyl (C=O) groups is 2. The summed E-state index contributed by atoms with van der Waals surface area (Å²) in [7, 11) is 0. The van der Waals surface area contributed by atoms with Crippen molar-refractivity contribution in [3.8, 4) is 17.2 Å². The van der Waals surface area contributed by atoms with Gasteiger partial charge in [-0.1, -0.05) is 53.4 Å². The molecule has 1 amide bonds. The molecule has 0 spiro atoms. The number of nitrogens with zero attached hydrogens (tertiary/aromatic N) is 3. The third-order valence-electron chi connectivity index (χ3n) is 6.36. The van der Waals surface area contributed by atoms with Gasteiger partial charge in [0.1, 0.15) is 30.5 Å². The number of ether oxygens (including phenoxy) is 2. The van der Waals surface area contributed by atoms with Gasteiger partial charge in [-0.25, -0.2) is 4.39 Å². The van der Waals surface area contributed by atoms with E-state index in [-0.39, 0.29) is 27.8 Å². The lowest BCUT2D eigenvalue weighted by Gasteiger charge is -2.23. The summed E-state index contributed by atoms with van der Waals surface area (Å²) in [6, 6.07) is 16.1. The summed E-state index contributed by atoms with van der Waals surface area (Å²) in [5.74, 6) is -1.47. The average Bonchev–Trinajstić information content (AvgIpc) is 3.54. The van der Waals surface area contributed by atoms with Crippen molar-refractivity contribution in [3.63, 3.8) is 0 Å².